The summed E-state index contributed by atoms with van der Waals surface area (Å²) >= 11 is 0. The minimum atomic E-state index is -1.94. The lowest BCUT2D eigenvalue weighted by Crippen LogP contribution is -2.64. The van der Waals surface area contributed by atoms with Gasteiger partial charge in [-0.3, -0.25) is 38.4 Å². The Bertz CT molecular complexity index is 2010. The summed E-state index contributed by atoms with van der Waals surface area (Å²) in [5.74, 6) is -7.23. The maximum atomic E-state index is 14.8. The van der Waals surface area contributed by atoms with Gasteiger partial charge in [0.15, 0.2) is 12.1 Å². The molecule has 0 saturated carbocycles. The Kier molecular flexibility index (Phi) is 24.1. The number of fused-ring (bicyclic) bond motifs is 4. The predicted molar refractivity (Wildman–Crippen MR) is 287 cm³/mol. The van der Waals surface area contributed by atoms with Crippen LogP contribution in [-0.4, -0.2) is 178 Å². The molecule has 0 spiro atoms. The molecule has 2 unspecified atom stereocenters. The van der Waals surface area contributed by atoms with Gasteiger partial charge >= 0.3 is 5.97 Å². The fourth-order valence-electron chi connectivity index (χ4n) is 11.8. The molecule has 3 fully saturated rings. The average Bonchev–Trinajstić information content (AvgIpc) is 3.82. The summed E-state index contributed by atoms with van der Waals surface area (Å²) in [5, 5.41) is 20.4. The molecule has 3 rings (SSSR count). The topological polar surface area (TPSA) is 235 Å². The van der Waals surface area contributed by atoms with E-state index in [2.05, 4.69) is 36.7 Å². The predicted octanol–water partition coefficient (Wildman–Crippen LogP) is 4.37. The van der Waals surface area contributed by atoms with Crippen molar-refractivity contribution in [2.45, 2.75) is 215 Å². The highest BCUT2D eigenvalue weighted by atomic mass is 16.6. The summed E-state index contributed by atoms with van der Waals surface area (Å²) in [6, 6.07) is -8.32. The van der Waals surface area contributed by atoms with Crippen molar-refractivity contribution in [2.75, 3.05) is 41.3 Å². The van der Waals surface area contributed by atoms with E-state index in [0.29, 0.717) is 43.9 Å². The molecule has 3 aliphatic rings. The molecular weight excluding hydrogens is 961 g/mol. The molecule has 0 radical (unpaired) electrons. The molecule has 0 aromatic carbocycles. The number of nitrogens with zero attached hydrogens (tertiary/aromatic N) is 5. The zero-order chi connectivity index (χ0) is 57.1. The van der Waals surface area contributed by atoms with Gasteiger partial charge in [-0.2, -0.15) is 0 Å². The Morgan fingerprint density at radius 1 is 0.667 bits per heavy atom. The molecule has 75 heavy (non-hydrogen) atoms. The van der Waals surface area contributed by atoms with E-state index in [0.717, 1.165) is 24.2 Å². The highest BCUT2D eigenvalue weighted by molar-refractivity contribution is 5.98. The number of nitrogens with one attached hydrogen (secondary N) is 3. The third-order valence-electron chi connectivity index (χ3n) is 16.5. The Hall–Kier alpha value is -4.81. The maximum Gasteiger partial charge on any atom is 0.332 e. The second-order valence-corrected chi connectivity index (χ2v) is 24.2. The Balaban J connectivity index is 2.26. The quantitative estimate of drug-likeness (QED) is 0.189. The Labute approximate surface area is 449 Å². The van der Waals surface area contributed by atoms with Crippen LogP contribution in [0.15, 0.2) is 0 Å². The van der Waals surface area contributed by atoms with Gasteiger partial charge < -0.3 is 50.3 Å². The van der Waals surface area contributed by atoms with E-state index in [1.165, 1.54) is 61.6 Å². The maximum absolute atomic E-state index is 14.8. The molecule has 3 aliphatic heterocycles. The second kappa shape index (κ2) is 28.0. The van der Waals surface area contributed by atoms with Gasteiger partial charge in [0.2, 0.25) is 41.4 Å². The van der Waals surface area contributed by atoms with Crippen LogP contribution in [0, 0.1) is 47.3 Å². The van der Waals surface area contributed by atoms with Gasteiger partial charge in [0.05, 0.1) is 12.1 Å². The first-order valence-electron chi connectivity index (χ1n) is 28.0. The molecule has 428 valence electrons. The van der Waals surface area contributed by atoms with Crippen molar-refractivity contribution in [3.8, 4) is 0 Å². The van der Waals surface area contributed by atoms with Gasteiger partial charge in [0.25, 0.3) is 5.91 Å². The fourth-order valence-corrected chi connectivity index (χ4v) is 11.8. The van der Waals surface area contributed by atoms with Gasteiger partial charge in [-0.05, 0) is 107 Å². The first kappa shape index (κ1) is 64.5. The molecule has 19 nitrogen and oxygen atoms in total. The summed E-state index contributed by atoms with van der Waals surface area (Å²) in [6.07, 6.45) is 3.75. The molecule has 3 saturated heterocycles. The Morgan fingerprint density at radius 2 is 1.27 bits per heavy atom. The van der Waals surface area contributed by atoms with Crippen molar-refractivity contribution in [2.24, 2.45) is 47.3 Å². The van der Waals surface area contributed by atoms with E-state index in [-0.39, 0.29) is 31.2 Å². The molecule has 2 bridgehead atoms. The number of amides is 8. The molecule has 15 atom stereocenters. The van der Waals surface area contributed by atoms with Crippen LogP contribution in [0.25, 0.3) is 0 Å². The molecule has 0 aromatic rings. The molecule has 19 heteroatoms. The van der Waals surface area contributed by atoms with Gasteiger partial charge in [0.1, 0.15) is 36.3 Å². The highest BCUT2D eigenvalue weighted by Crippen LogP contribution is 2.30. The van der Waals surface area contributed by atoms with Crippen molar-refractivity contribution in [1.82, 2.24) is 40.4 Å². The number of cyclic esters (lactones) is 1. The van der Waals surface area contributed by atoms with Crippen LogP contribution >= 0.6 is 0 Å². The molecule has 3 heterocycles. The number of carbonyl (C=O) groups is 9. The number of rotatable bonds is 13. The van der Waals surface area contributed by atoms with Crippen LogP contribution in [0.1, 0.15) is 161 Å². The minimum Gasteiger partial charge on any atom is -0.450 e. The molecule has 8 amide bonds. The number of aliphatic hydroxyl groups is 1. The van der Waals surface area contributed by atoms with Gasteiger partial charge in [-0.15, -0.1) is 0 Å². The monoisotopic (exact) mass is 1060 g/mol. The zero-order valence-corrected chi connectivity index (χ0v) is 49.0. The molecular formula is C56H98N8O11. The molecule has 0 aromatic heterocycles. The first-order chi connectivity index (χ1) is 34.8. The number of hydrogen-bond acceptors (Lipinski definition) is 11. The van der Waals surface area contributed by atoms with Crippen molar-refractivity contribution >= 4 is 53.2 Å². The number of likely N-dealkylation sites (N-methyl/N-ethyl adjacent to an activating group) is 4. The summed E-state index contributed by atoms with van der Waals surface area (Å²) in [6.45, 7) is 25.5. The lowest BCUT2D eigenvalue weighted by Gasteiger charge is -2.41. The van der Waals surface area contributed by atoms with Crippen molar-refractivity contribution in [3.05, 3.63) is 0 Å². The van der Waals surface area contributed by atoms with Gasteiger partial charge in [0, 0.05) is 40.7 Å². The van der Waals surface area contributed by atoms with E-state index in [9.17, 15) is 48.3 Å². The van der Waals surface area contributed by atoms with E-state index in [1.807, 2.05) is 41.5 Å². The van der Waals surface area contributed by atoms with E-state index in [4.69, 9.17) is 4.74 Å². The zero-order valence-electron chi connectivity index (χ0n) is 49.0. The fraction of sp³-hybridized carbons (Fsp3) is 0.839. The average molecular weight is 1060 g/mol. The number of hydrogen-bond donors (Lipinski definition) is 4. The van der Waals surface area contributed by atoms with Crippen LogP contribution in [0.3, 0.4) is 0 Å². The minimum absolute atomic E-state index is 0.0526. The van der Waals surface area contributed by atoms with Crippen molar-refractivity contribution < 1.29 is 53.0 Å². The summed E-state index contributed by atoms with van der Waals surface area (Å²) < 4.78 is 6.07. The number of esters is 1. The first-order valence-corrected chi connectivity index (χ1v) is 28.0. The lowest BCUT2D eigenvalue weighted by atomic mass is 9.83. The van der Waals surface area contributed by atoms with Crippen LogP contribution in [0.4, 0.5) is 0 Å². The van der Waals surface area contributed by atoms with Crippen LogP contribution < -0.4 is 16.0 Å². The summed E-state index contributed by atoms with van der Waals surface area (Å²) in [4.78, 5) is 138. The lowest BCUT2D eigenvalue weighted by molar-refractivity contribution is -0.177. The number of ether oxygens (including phenoxy) is 1. The van der Waals surface area contributed by atoms with Crippen molar-refractivity contribution in [1.29, 1.82) is 0 Å². The van der Waals surface area contributed by atoms with Gasteiger partial charge in [-0.25, -0.2) is 4.79 Å². The normalized spacial score (nSPS) is 30.5. The number of carbonyl (C=O) groups excluding carboxylic acids is 9. The summed E-state index contributed by atoms with van der Waals surface area (Å²) in [7, 11) is 5.73. The molecule has 4 N–H and O–H groups in total. The van der Waals surface area contributed by atoms with E-state index >= 15 is 0 Å². The van der Waals surface area contributed by atoms with Crippen LogP contribution in [-0.2, 0) is 47.9 Å². The second-order valence-electron chi connectivity index (χ2n) is 24.2. The van der Waals surface area contributed by atoms with Crippen LogP contribution in [0.2, 0.25) is 0 Å². The smallest absolute Gasteiger partial charge is 0.332 e. The third-order valence-corrected chi connectivity index (χ3v) is 16.5. The van der Waals surface area contributed by atoms with Crippen LogP contribution in [0.5, 0.6) is 0 Å². The SMILES string of the molecule is CC[C@H](C)C[C@H](C)C[C@H](C)C[C@@H]1NC(=O)[C@H](C(C)C)N(C)C(=O)[C@@H]([C@H](C)CC)OC(=O)[C@H](C(C)(C)O)N(C)C(=O)[C@@H]2CC(C)CC(C)[C@@H](C(=O)N2)N(C)C(=O)[C@H]([C@H](C)CC)NC(=O)[C@@H]2CCCN2C(=O)CN(C)C1=O. The highest BCUT2D eigenvalue weighted by Gasteiger charge is 2.48. The van der Waals surface area contributed by atoms with E-state index in [1.54, 1.807) is 20.8 Å². The molecule has 0 aliphatic carbocycles. The largest absolute Gasteiger partial charge is 0.450 e. The van der Waals surface area contributed by atoms with Crippen molar-refractivity contribution in [3.63, 3.8) is 0 Å². The standard InChI is InChI=1S/C56H98N8O11/c1-19-32(6)25-33(7)26-34(8)28-39-51(69)60(15)30-42(65)64-24-22-23-41(64)48(66)59-43(36(10)20-2)53(71)62(17)45-38(12)27-35(9)29-40(58-50(45)68)52(70)63(18)47(56(13,14)74)55(73)75-46(37(11)21-3)54(72)61(16)44(31(4)5)49(67)57-39/h31-41,43-47,74H,19-30H2,1-18H3,(H,57,67)(H,58,68)(H,59,66)/t32-,33-,34-,35?,36+,37+,38?,39-,40-,41-,43-,44-,45-,46+,47+/m0/s1. The van der Waals surface area contributed by atoms with Gasteiger partial charge in [-0.1, -0.05) is 95.9 Å². The Morgan fingerprint density at radius 3 is 1.83 bits per heavy atom. The third kappa shape index (κ3) is 16.6. The van der Waals surface area contributed by atoms with E-state index < -0.39 is 137 Å². The summed E-state index contributed by atoms with van der Waals surface area (Å²) in [5.41, 5.74) is -1.94.